The highest BCUT2D eigenvalue weighted by Crippen LogP contribution is 2.28. The first-order valence-electron chi connectivity index (χ1n) is 6.04. The molecule has 0 spiro atoms. The van der Waals surface area contributed by atoms with E-state index < -0.39 is 0 Å². The van der Waals surface area contributed by atoms with Crippen LogP contribution in [0.3, 0.4) is 0 Å². The smallest absolute Gasteiger partial charge is 0.174 e. The topological polar surface area (TPSA) is 67.8 Å². The number of aromatic amines is 1. The van der Waals surface area contributed by atoms with Crippen LogP contribution in [0.25, 0.3) is 33.6 Å². The Hall–Kier alpha value is -2.75. The first kappa shape index (κ1) is 10.2. The monoisotopic (exact) mass is 249 g/mol. The fourth-order valence-corrected chi connectivity index (χ4v) is 2.27. The number of benzene rings is 2. The van der Waals surface area contributed by atoms with Crippen molar-refractivity contribution in [2.75, 3.05) is 5.73 Å². The standard InChI is InChI=1S/C15H11N3O/c16-10-5-3-6-11-14(10)18-15(17-11)13-8-9-4-1-2-7-12(9)19-13/h1-8H,16H2,(H,17,18). The summed E-state index contributed by atoms with van der Waals surface area (Å²) in [7, 11) is 0. The number of hydrogen-bond donors (Lipinski definition) is 2. The van der Waals surface area contributed by atoms with Crippen LogP contribution in [0.15, 0.2) is 52.9 Å². The number of nitrogens with one attached hydrogen (secondary N) is 1. The molecule has 19 heavy (non-hydrogen) atoms. The quantitative estimate of drug-likeness (QED) is 0.507. The van der Waals surface area contributed by atoms with E-state index in [1.165, 1.54) is 0 Å². The molecular formula is C15H11N3O. The van der Waals surface area contributed by atoms with E-state index in [0.29, 0.717) is 11.5 Å². The Labute approximate surface area is 108 Å². The lowest BCUT2D eigenvalue weighted by atomic mass is 10.2. The second kappa shape index (κ2) is 3.62. The Kier molecular flexibility index (Phi) is 1.94. The number of rotatable bonds is 1. The van der Waals surface area contributed by atoms with Crippen molar-refractivity contribution in [3.8, 4) is 11.6 Å². The third kappa shape index (κ3) is 1.50. The summed E-state index contributed by atoms with van der Waals surface area (Å²) >= 11 is 0. The maximum absolute atomic E-state index is 5.91. The van der Waals surface area contributed by atoms with Crippen molar-refractivity contribution in [3.05, 3.63) is 48.5 Å². The van der Waals surface area contributed by atoms with Gasteiger partial charge in [0, 0.05) is 5.39 Å². The van der Waals surface area contributed by atoms with Crippen molar-refractivity contribution >= 4 is 27.7 Å². The Bertz CT molecular complexity index is 856. The number of para-hydroxylation sites is 2. The Morgan fingerprint density at radius 2 is 1.95 bits per heavy atom. The zero-order chi connectivity index (χ0) is 12.8. The molecule has 0 aliphatic carbocycles. The number of fused-ring (bicyclic) bond motifs is 2. The van der Waals surface area contributed by atoms with E-state index in [1.807, 2.05) is 48.5 Å². The summed E-state index contributed by atoms with van der Waals surface area (Å²) in [6, 6.07) is 15.6. The fraction of sp³-hybridized carbons (Fsp3) is 0. The molecule has 4 rings (SSSR count). The lowest BCUT2D eigenvalue weighted by Gasteiger charge is -1.90. The van der Waals surface area contributed by atoms with Crippen LogP contribution in [-0.4, -0.2) is 9.97 Å². The third-order valence-electron chi connectivity index (χ3n) is 3.20. The van der Waals surface area contributed by atoms with Crippen molar-refractivity contribution in [3.63, 3.8) is 0 Å². The summed E-state index contributed by atoms with van der Waals surface area (Å²) in [4.78, 5) is 7.73. The molecular weight excluding hydrogens is 238 g/mol. The first-order chi connectivity index (χ1) is 9.31. The van der Waals surface area contributed by atoms with Gasteiger partial charge in [0.2, 0.25) is 0 Å². The second-order valence-electron chi connectivity index (χ2n) is 4.48. The van der Waals surface area contributed by atoms with Gasteiger partial charge in [0.15, 0.2) is 11.6 Å². The zero-order valence-electron chi connectivity index (χ0n) is 10.1. The van der Waals surface area contributed by atoms with Gasteiger partial charge in [-0.15, -0.1) is 0 Å². The van der Waals surface area contributed by atoms with Crippen LogP contribution in [0.1, 0.15) is 0 Å². The molecule has 2 aromatic carbocycles. The zero-order valence-corrected chi connectivity index (χ0v) is 10.1. The number of nitrogen functional groups attached to an aromatic ring is 1. The number of anilines is 1. The maximum Gasteiger partial charge on any atom is 0.174 e. The molecule has 4 aromatic rings. The molecule has 0 aliphatic heterocycles. The van der Waals surface area contributed by atoms with E-state index in [0.717, 1.165) is 27.8 Å². The van der Waals surface area contributed by atoms with E-state index in [1.54, 1.807) is 0 Å². The van der Waals surface area contributed by atoms with Gasteiger partial charge >= 0.3 is 0 Å². The van der Waals surface area contributed by atoms with E-state index in [4.69, 9.17) is 10.2 Å². The number of nitrogens with zero attached hydrogens (tertiary/aromatic N) is 1. The Morgan fingerprint density at radius 1 is 1.05 bits per heavy atom. The molecule has 4 heteroatoms. The lowest BCUT2D eigenvalue weighted by molar-refractivity contribution is 0.627. The first-order valence-corrected chi connectivity index (χ1v) is 6.04. The van der Waals surface area contributed by atoms with Gasteiger partial charge in [-0.05, 0) is 24.3 Å². The minimum absolute atomic E-state index is 0.663. The molecule has 0 atom stereocenters. The molecule has 0 radical (unpaired) electrons. The Balaban J connectivity index is 1.96. The number of aromatic nitrogens is 2. The van der Waals surface area contributed by atoms with Gasteiger partial charge in [-0.3, -0.25) is 0 Å². The number of H-pyrrole nitrogens is 1. The SMILES string of the molecule is Nc1cccc2[nH]c(-c3cc4ccccc4o3)nc12. The average Bonchev–Trinajstić information content (AvgIpc) is 3.02. The lowest BCUT2D eigenvalue weighted by Crippen LogP contribution is -1.84. The molecule has 0 saturated heterocycles. The summed E-state index contributed by atoms with van der Waals surface area (Å²) in [6.45, 7) is 0. The average molecular weight is 249 g/mol. The minimum atomic E-state index is 0.663. The molecule has 3 N–H and O–H groups in total. The van der Waals surface area contributed by atoms with Crippen molar-refractivity contribution in [1.82, 2.24) is 9.97 Å². The van der Waals surface area contributed by atoms with Crippen LogP contribution in [0.5, 0.6) is 0 Å². The number of nitrogens with two attached hydrogens (primary N) is 1. The van der Waals surface area contributed by atoms with Crippen LogP contribution < -0.4 is 5.73 Å². The molecule has 4 nitrogen and oxygen atoms in total. The fourth-order valence-electron chi connectivity index (χ4n) is 2.27. The highest BCUT2D eigenvalue weighted by Gasteiger charge is 2.11. The van der Waals surface area contributed by atoms with Crippen LogP contribution in [-0.2, 0) is 0 Å². The van der Waals surface area contributed by atoms with Crippen molar-refractivity contribution in [1.29, 1.82) is 0 Å². The highest BCUT2D eigenvalue weighted by atomic mass is 16.3. The van der Waals surface area contributed by atoms with Gasteiger partial charge in [-0.2, -0.15) is 0 Å². The largest absolute Gasteiger partial charge is 0.453 e. The molecule has 0 aliphatic rings. The molecule has 0 amide bonds. The normalized spacial score (nSPS) is 11.4. The predicted molar refractivity (Wildman–Crippen MR) is 75.7 cm³/mol. The molecule has 0 bridgehead atoms. The van der Waals surface area contributed by atoms with Gasteiger partial charge in [0.05, 0.1) is 11.2 Å². The highest BCUT2D eigenvalue weighted by molar-refractivity contribution is 5.90. The Morgan fingerprint density at radius 3 is 2.79 bits per heavy atom. The molecule has 0 unspecified atom stereocenters. The molecule has 92 valence electrons. The third-order valence-corrected chi connectivity index (χ3v) is 3.20. The van der Waals surface area contributed by atoms with Gasteiger partial charge in [0.25, 0.3) is 0 Å². The number of furan rings is 1. The van der Waals surface area contributed by atoms with E-state index in [2.05, 4.69) is 9.97 Å². The van der Waals surface area contributed by atoms with E-state index in [9.17, 15) is 0 Å². The van der Waals surface area contributed by atoms with Gasteiger partial charge in [-0.1, -0.05) is 24.3 Å². The molecule has 2 heterocycles. The van der Waals surface area contributed by atoms with Crippen molar-refractivity contribution in [2.24, 2.45) is 0 Å². The molecule has 2 aromatic heterocycles. The van der Waals surface area contributed by atoms with Crippen LogP contribution in [0, 0.1) is 0 Å². The predicted octanol–water partition coefficient (Wildman–Crippen LogP) is 3.56. The van der Waals surface area contributed by atoms with Gasteiger partial charge in [-0.25, -0.2) is 4.98 Å². The maximum atomic E-state index is 5.91. The van der Waals surface area contributed by atoms with Gasteiger partial charge < -0.3 is 15.1 Å². The summed E-state index contributed by atoms with van der Waals surface area (Å²) < 4.78 is 5.79. The van der Waals surface area contributed by atoms with Crippen molar-refractivity contribution in [2.45, 2.75) is 0 Å². The summed E-state index contributed by atoms with van der Waals surface area (Å²) in [6.07, 6.45) is 0. The van der Waals surface area contributed by atoms with E-state index >= 15 is 0 Å². The molecule has 0 saturated carbocycles. The van der Waals surface area contributed by atoms with Crippen LogP contribution in [0.2, 0.25) is 0 Å². The summed E-state index contributed by atoms with van der Waals surface area (Å²) in [5, 5.41) is 1.06. The minimum Gasteiger partial charge on any atom is -0.453 e. The van der Waals surface area contributed by atoms with Gasteiger partial charge in [0.1, 0.15) is 11.1 Å². The summed E-state index contributed by atoms with van der Waals surface area (Å²) in [5.41, 5.74) is 9.11. The second-order valence-corrected chi connectivity index (χ2v) is 4.48. The number of hydrogen-bond acceptors (Lipinski definition) is 3. The number of imidazole rings is 1. The van der Waals surface area contributed by atoms with Crippen molar-refractivity contribution < 1.29 is 4.42 Å². The molecule has 0 fully saturated rings. The van der Waals surface area contributed by atoms with E-state index in [-0.39, 0.29) is 0 Å². The van der Waals surface area contributed by atoms with Crippen LogP contribution in [0.4, 0.5) is 5.69 Å². The summed E-state index contributed by atoms with van der Waals surface area (Å²) in [5.74, 6) is 1.42. The van der Waals surface area contributed by atoms with Crippen LogP contribution >= 0.6 is 0 Å².